The summed E-state index contributed by atoms with van der Waals surface area (Å²) in [6.45, 7) is 0.801. The second kappa shape index (κ2) is 8.36. The summed E-state index contributed by atoms with van der Waals surface area (Å²) < 4.78 is 47.7. The molecule has 2 rings (SSSR count). The minimum absolute atomic E-state index is 0.291. The van der Waals surface area contributed by atoms with E-state index in [0.29, 0.717) is 30.2 Å². The van der Waals surface area contributed by atoms with E-state index in [2.05, 4.69) is 11.8 Å². The molecule has 0 bridgehead atoms. The molecule has 0 amide bonds. The predicted octanol–water partition coefficient (Wildman–Crippen LogP) is 2.27. The lowest BCUT2D eigenvalue weighted by Gasteiger charge is -2.05. The molecule has 2 N–H and O–H groups in total. The minimum Gasteiger partial charge on any atom is -0.442 e. The summed E-state index contributed by atoms with van der Waals surface area (Å²) >= 11 is 0. The van der Waals surface area contributed by atoms with Gasteiger partial charge in [0.1, 0.15) is 6.61 Å². The van der Waals surface area contributed by atoms with E-state index < -0.39 is 11.7 Å². The summed E-state index contributed by atoms with van der Waals surface area (Å²) in [7, 11) is 1.57. The fourth-order valence-electron chi connectivity index (χ4n) is 1.92. The van der Waals surface area contributed by atoms with Crippen LogP contribution in [0, 0.1) is 11.8 Å². The third kappa shape index (κ3) is 5.66. The number of hydrogen-bond acceptors (Lipinski definition) is 2. The van der Waals surface area contributed by atoms with Crippen molar-refractivity contribution in [3.8, 4) is 11.8 Å². The first kappa shape index (κ1) is 18.6. The van der Waals surface area contributed by atoms with Crippen LogP contribution >= 0.6 is 0 Å². The first-order valence-electron chi connectivity index (χ1n) is 7.44. The highest BCUT2D eigenvalue weighted by Gasteiger charge is 2.29. The lowest BCUT2D eigenvalue weighted by Crippen LogP contribution is -2.42. The Kier molecular flexibility index (Phi) is 6.20. The number of methoxy groups -OCH3 is 1. The average molecular weight is 348 g/mol. The molecule has 3 nitrogen and oxygen atoms in total. The Bertz CT molecular complexity index is 770. The Morgan fingerprint density at radius 3 is 1.92 bits per heavy atom. The molecule has 6 heteroatoms. The van der Waals surface area contributed by atoms with Gasteiger partial charge in [0.15, 0.2) is 0 Å². The van der Waals surface area contributed by atoms with Crippen LogP contribution in [0.4, 0.5) is 13.2 Å². The Morgan fingerprint density at radius 1 is 0.920 bits per heavy atom. The van der Waals surface area contributed by atoms with E-state index in [0.717, 1.165) is 17.7 Å². The molecular formula is C19H17F3NO2+. The zero-order valence-corrected chi connectivity index (χ0v) is 13.6. The summed E-state index contributed by atoms with van der Waals surface area (Å²) in [4.78, 5) is 0. The molecule has 0 heterocycles. The molecule has 0 radical (unpaired) electrons. The molecule has 130 valence electrons. The Balaban J connectivity index is 2.02. The van der Waals surface area contributed by atoms with Gasteiger partial charge in [-0.1, -0.05) is 11.8 Å². The van der Waals surface area contributed by atoms with Crippen molar-refractivity contribution in [2.45, 2.75) is 6.18 Å². The standard InChI is InChI=1S/C19H16F3NO2/c1-24-12-13-25-18(23)16-8-4-14(5-9-16)2-3-15-6-10-17(11-7-15)19(20,21)22/h4-11,23H,12-13H2,1H3/p+1. The minimum atomic E-state index is -4.34. The van der Waals surface area contributed by atoms with Crippen LogP contribution in [-0.4, -0.2) is 26.2 Å². The van der Waals surface area contributed by atoms with Crippen LogP contribution in [0.25, 0.3) is 0 Å². The fraction of sp³-hybridized carbons (Fsp3) is 0.211. The van der Waals surface area contributed by atoms with Crippen LogP contribution in [0.2, 0.25) is 0 Å². The molecule has 0 aromatic heterocycles. The second-order valence-electron chi connectivity index (χ2n) is 5.11. The molecule has 2 aromatic carbocycles. The van der Waals surface area contributed by atoms with Crippen molar-refractivity contribution in [1.82, 2.24) is 0 Å². The number of halogens is 3. The Labute approximate surface area is 143 Å². The summed E-state index contributed by atoms with van der Waals surface area (Å²) in [5.41, 5.74) is 1.25. The lowest BCUT2D eigenvalue weighted by molar-refractivity contribution is -0.140. The van der Waals surface area contributed by atoms with Gasteiger partial charge >= 0.3 is 12.1 Å². The number of nitrogens with two attached hydrogens (primary N) is 1. The van der Waals surface area contributed by atoms with Gasteiger partial charge in [0, 0.05) is 18.2 Å². The molecule has 25 heavy (non-hydrogen) atoms. The van der Waals surface area contributed by atoms with Gasteiger partial charge in [0.05, 0.1) is 17.7 Å². The van der Waals surface area contributed by atoms with Crippen molar-refractivity contribution in [3.63, 3.8) is 0 Å². The largest absolute Gasteiger partial charge is 0.442 e. The third-order valence-electron chi connectivity index (χ3n) is 3.28. The van der Waals surface area contributed by atoms with Crippen molar-refractivity contribution in [1.29, 1.82) is 0 Å². The highest BCUT2D eigenvalue weighted by molar-refractivity contribution is 5.89. The van der Waals surface area contributed by atoms with Crippen LogP contribution in [0.3, 0.4) is 0 Å². The molecule has 0 aliphatic heterocycles. The molecule has 2 aromatic rings. The number of alkyl halides is 3. The first-order chi connectivity index (χ1) is 11.9. The van der Waals surface area contributed by atoms with Crippen molar-refractivity contribution < 1.29 is 28.1 Å². The number of ether oxygens (including phenoxy) is 2. The van der Waals surface area contributed by atoms with Crippen LogP contribution < -0.4 is 5.41 Å². The summed E-state index contributed by atoms with van der Waals surface area (Å²) in [5.74, 6) is 6.01. The number of rotatable bonds is 4. The molecule has 0 fully saturated rings. The van der Waals surface area contributed by atoms with E-state index in [1.165, 1.54) is 12.1 Å². The van der Waals surface area contributed by atoms with E-state index in [1.807, 2.05) is 0 Å². The van der Waals surface area contributed by atoms with Crippen LogP contribution in [0.1, 0.15) is 22.3 Å². The van der Waals surface area contributed by atoms with Gasteiger partial charge in [-0.25, -0.2) is 5.41 Å². The van der Waals surface area contributed by atoms with Crippen molar-refractivity contribution in [2.24, 2.45) is 0 Å². The van der Waals surface area contributed by atoms with Gasteiger partial charge in [-0.15, -0.1) is 0 Å². The molecule has 0 aliphatic carbocycles. The third-order valence-corrected chi connectivity index (χ3v) is 3.28. The molecule has 0 spiro atoms. The zero-order valence-electron chi connectivity index (χ0n) is 13.6. The summed E-state index contributed by atoms with van der Waals surface area (Å²) in [6, 6.07) is 11.8. The van der Waals surface area contributed by atoms with E-state index in [1.54, 1.807) is 31.4 Å². The average Bonchev–Trinajstić information content (AvgIpc) is 2.60. The Morgan fingerprint density at radius 2 is 1.44 bits per heavy atom. The normalized spacial score (nSPS) is 10.7. The zero-order chi connectivity index (χ0) is 18.3. The number of benzene rings is 2. The van der Waals surface area contributed by atoms with Gasteiger partial charge in [-0.2, -0.15) is 13.2 Å². The van der Waals surface area contributed by atoms with Gasteiger partial charge in [0.25, 0.3) is 0 Å². The lowest BCUT2D eigenvalue weighted by atomic mass is 10.1. The fourth-order valence-corrected chi connectivity index (χ4v) is 1.92. The molecule has 0 saturated carbocycles. The quantitative estimate of drug-likeness (QED) is 0.399. The summed E-state index contributed by atoms with van der Waals surface area (Å²) in [6.07, 6.45) is -4.34. The van der Waals surface area contributed by atoms with Gasteiger partial charge in [0.2, 0.25) is 0 Å². The SMILES string of the molecule is COCCOC(=[NH2+])c1ccc(C#Cc2ccc(C(F)(F)F)cc2)cc1. The van der Waals surface area contributed by atoms with Crippen molar-refractivity contribution >= 4 is 5.90 Å². The van der Waals surface area contributed by atoms with Crippen LogP contribution in [0.15, 0.2) is 48.5 Å². The van der Waals surface area contributed by atoms with Gasteiger partial charge in [-0.3, -0.25) is 0 Å². The highest BCUT2D eigenvalue weighted by atomic mass is 19.4. The maximum absolute atomic E-state index is 12.5. The van der Waals surface area contributed by atoms with Gasteiger partial charge in [-0.05, 0) is 48.5 Å². The van der Waals surface area contributed by atoms with Crippen molar-refractivity contribution in [3.05, 3.63) is 70.8 Å². The van der Waals surface area contributed by atoms with E-state index in [-0.39, 0.29) is 0 Å². The smallest absolute Gasteiger partial charge is 0.416 e. The first-order valence-corrected chi connectivity index (χ1v) is 7.44. The molecule has 0 aliphatic rings. The predicted molar refractivity (Wildman–Crippen MR) is 87.7 cm³/mol. The molecular weight excluding hydrogens is 331 g/mol. The molecule has 0 unspecified atom stereocenters. The van der Waals surface area contributed by atoms with E-state index in [9.17, 15) is 13.2 Å². The van der Waals surface area contributed by atoms with Crippen molar-refractivity contribution in [2.75, 3.05) is 20.3 Å². The number of hydrogen-bond donors (Lipinski definition) is 1. The van der Waals surface area contributed by atoms with Crippen LogP contribution in [0.5, 0.6) is 0 Å². The monoisotopic (exact) mass is 348 g/mol. The highest BCUT2D eigenvalue weighted by Crippen LogP contribution is 2.28. The maximum atomic E-state index is 12.5. The second-order valence-corrected chi connectivity index (χ2v) is 5.11. The topological polar surface area (TPSA) is 44.0 Å². The van der Waals surface area contributed by atoms with E-state index in [4.69, 9.17) is 14.9 Å². The Hall–Kier alpha value is -2.78. The summed E-state index contributed by atoms with van der Waals surface area (Å²) in [5, 5.41) is 5.81. The van der Waals surface area contributed by atoms with E-state index >= 15 is 0 Å². The molecule has 0 atom stereocenters. The van der Waals surface area contributed by atoms with Crippen LogP contribution in [-0.2, 0) is 15.7 Å². The maximum Gasteiger partial charge on any atom is 0.416 e. The van der Waals surface area contributed by atoms with Gasteiger partial charge < -0.3 is 9.47 Å². The molecule has 0 saturated heterocycles.